The van der Waals surface area contributed by atoms with Crippen LogP contribution in [0.2, 0.25) is 0 Å². The molecule has 18 heavy (non-hydrogen) atoms. The van der Waals surface area contributed by atoms with Gasteiger partial charge in [-0.3, -0.25) is 0 Å². The van der Waals surface area contributed by atoms with Crippen LogP contribution in [-0.4, -0.2) is 18.6 Å². The molecule has 0 atom stereocenters. The zero-order chi connectivity index (χ0) is 12.6. The molecule has 1 aromatic carbocycles. The smallest absolute Gasteiger partial charge is 0.202 e. The molecule has 4 heteroatoms. The molecular weight excluding hydrogens is 228 g/mol. The second-order valence-electron chi connectivity index (χ2n) is 5.04. The number of rotatable bonds is 3. The highest BCUT2D eigenvalue weighted by atomic mass is 16.5. The quantitative estimate of drug-likeness (QED) is 0.904. The number of oxazole rings is 1. The minimum atomic E-state index is -0.0494. The Kier molecular flexibility index (Phi) is 2.74. The van der Waals surface area contributed by atoms with Crippen LogP contribution in [0.4, 0.5) is 0 Å². The molecule has 0 saturated heterocycles. The number of nitrogens with two attached hydrogens (primary N) is 1. The summed E-state index contributed by atoms with van der Waals surface area (Å²) in [5.41, 5.74) is 7.57. The highest BCUT2D eigenvalue weighted by Gasteiger charge is 2.38. The van der Waals surface area contributed by atoms with Crippen LogP contribution in [0.5, 0.6) is 5.75 Å². The van der Waals surface area contributed by atoms with Gasteiger partial charge < -0.3 is 14.9 Å². The molecule has 1 fully saturated rings. The molecule has 0 unspecified atom stereocenters. The number of benzene rings is 1. The Hall–Kier alpha value is -1.55. The van der Waals surface area contributed by atoms with E-state index in [1.165, 1.54) is 12.8 Å². The summed E-state index contributed by atoms with van der Waals surface area (Å²) in [6.07, 6.45) is 4.57. The fourth-order valence-corrected chi connectivity index (χ4v) is 2.82. The Bertz CT molecular complexity index is 556. The lowest BCUT2D eigenvalue weighted by molar-refractivity contribution is 0.343. The zero-order valence-corrected chi connectivity index (χ0v) is 10.6. The van der Waals surface area contributed by atoms with Crippen molar-refractivity contribution in [1.82, 2.24) is 4.98 Å². The number of ether oxygens (including phenoxy) is 1. The molecule has 3 rings (SSSR count). The van der Waals surface area contributed by atoms with Crippen molar-refractivity contribution < 1.29 is 9.15 Å². The minimum Gasteiger partial charge on any atom is -0.497 e. The zero-order valence-electron chi connectivity index (χ0n) is 10.6. The third-order valence-electron chi connectivity index (χ3n) is 4.00. The summed E-state index contributed by atoms with van der Waals surface area (Å²) in [5, 5.41) is 0. The lowest BCUT2D eigenvalue weighted by Gasteiger charge is -2.22. The molecule has 1 saturated carbocycles. The van der Waals surface area contributed by atoms with Gasteiger partial charge in [-0.05, 0) is 25.0 Å². The maximum atomic E-state index is 5.95. The molecule has 1 heterocycles. The van der Waals surface area contributed by atoms with Gasteiger partial charge in [-0.15, -0.1) is 0 Å². The fraction of sp³-hybridized carbons (Fsp3) is 0.500. The van der Waals surface area contributed by atoms with E-state index in [2.05, 4.69) is 4.98 Å². The summed E-state index contributed by atoms with van der Waals surface area (Å²) in [4.78, 5) is 4.61. The fourth-order valence-electron chi connectivity index (χ4n) is 2.82. The van der Waals surface area contributed by atoms with Gasteiger partial charge in [0.2, 0.25) is 5.89 Å². The molecule has 2 N–H and O–H groups in total. The SMILES string of the molecule is COc1ccc2nc(C3(CN)CCCC3)oc2c1. The van der Waals surface area contributed by atoms with E-state index >= 15 is 0 Å². The predicted molar refractivity (Wildman–Crippen MR) is 69.8 cm³/mol. The van der Waals surface area contributed by atoms with Crippen LogP contribution in [0.15, 0.2) is 22.6 Å². The maximum absolute atomic E-state index is 5.95. The van der Waals surface area contributed by atoms with Gasteiger partial charge in [0.05, 0.1) is 12.5 Å². The van der Waals surface area contributed by atoms with E-state index < -0.39 is 0 Å². The van der Waals surface area contributed by atoms with E-state index in [-0.39, 0.29) is 5.41 Å². The first-order chi connectivity index (χ1) is 8.77. The number of nitrogens with zero attached hydrogens (tertiary/aromatic N) is 1. The topological polar surface area (TPSA) is 61.3 Å². The van der Waals surface area contributed by atoms with Gasteiger partial charge in [0.15, 0.2) is 5.58 Å². The van der Waals surface area contributed by atoms with Crippen LogP contribution in [0.25, 0.3) is 11.1 Å². The molecule has 2 aromatic rings. The van der Waals surface area contributed by atoms with E-state index in [1.807, 2.05) is 18.2 Å². The van der Waals surface area contributed by atoms with Crippen molar-refractivity contribution in [2.75, 3.05) is 13.7 Å². The second kappa shape index (κ2) is 4.28. The normalized spacial score (nSPS) is 18.3. The molecule has 0 amide bonds. The van der Waals surface area contributed by atoms with Crippen LogP contribution in [-0.2, 0) is 5.41 Å². The monoisotopic (exact) mass is 246 g/mol. The lowest BCUT2D eigenvalue weighted by Crippen LogP contribution is -2.32. The lowest BCUT2D eigenvalue weighted by atomic mass is 9.86. The molecule has 4 nitrogen and oxygen atoms in total. The molecule has 1 aliphatic rings. The Morgan fingerprint density at radius 2 is 2.17 bits per heavy atom. The average Bonchev–Trinajstić information content (AvgIpc) is 3.04. The molecule has 96 valence electrons. The highest BCUT2D eigenvalue weighted by molar-refractivity contribution is 5.74. The van der Waals surface area contributed by atoms with Crippen molar-refractivity contribution in [1.29, 1.82) is 0 Å². The van der Waals surface area contributed by atoms with Crippen LogP contribution in [0.1, 0.15) is 31.6 Å². The van der Waals surface area contributed by atoms with Gasteiger partial charge >= 0.3 is 0 Å². The third-order valence-corrected chi connectivity index (χ3v) is 4.00. The first-order valence-electron chi connectivity index (χ1n) is 6.42. The molecule has 0 radical (unpaired) electrons. The Morgan fingerprint density at radius 1 is 1.39 bits per heavy atom. The van der Waals surface area contributed by atoms with Crippen molar-refractivity contribution in [3.05, 3.63) is 24.1 Å². The van der Waals surface area contributed by atoms with Crippen molar-refractivity contribution >= 4 is 11.1 Å². The van der Waals surface area contributed by atoms with Gasteiger partial charge in [-0.1, -0.05) is 12.8 Å². The summed E-state index contributed by atoms with van der Waals surface area (Å²) in [6.45, 7) is 0.608. The molecule has 1 aliphatic carbocycles. The van der Waals surface area contributed by atoms with Gasteiger partial charge in [0.25, 0.3) is 0 Å². The molecule has 0 aliphatic heterocycles. The van der Waals surface area contributed by atoms with E-state index in [9.17, 15) is 0 Å². The van der Waals surface area contributed by atoms with Crippen LogP contribution in [0, 0.1) is 0 Å². The molecule has 0 spiro atoms. The number of hydrogen-bond acceptors (Lipinski definition) is 4. The van der Waals surface area contributed by atoms with Crippen LogP contribution in [0.3, 0.4) is 0 Å². The minimum absolute atomic E-state index is 0.0494. The van der Waals surface area contributed by atoms with Crippen molar-refractivity contribution in [2.24, 2.45) is 5.73 Å². The summed E-state index contributed by atoms with van der Waals surface area (Å²) < 4.78 is 11.1. The summed E-state index contributed by atoms with van der Waals surface area (Å²) >= 11 is 0. The summed E-state index contributed by atoms with van der Waals surface area (Å²) in [7, 11) is 1.65. The van der Waals surface area contributed by atoms with Crippen LogP contribution < -0.4 is 10.5 Å². The highest BCUT2D eigenvalue weighted by Crippen LogP contribution is 2.41. The second-order valence-corrected chi connectivity index (χ2v) is 5.04. The molecule has 1 aromatic heterocycles. The van der Waals surface area contributed by atoms with E-state index in [1.54, 1.807) is 7.11 Å². The standard InChI is InChI=1S/C14H18N2O2/c1-17-10-4-5-11-12(8-10)18-13(16-11)14(9-15)6-2-3-7-14/h4-5,8H,2-3,6-7,9,15H2,1H3. The number of fused-ring (bicyclic) bond motifs is 1. The van der Waals surface area contributed by atoms with Gasteiger partial charge in [-0.25, -0.2) is 4.98 Å². The van der Waals surface area contributed by atoms with E-state index in [4.69, 9.17) is 14.9 Å². The van der Waals surface area contributed by atoms with Gasteiger partial charge in [0, 0.05) is 12.6 Å². The van der Waals surface area contributed by atoms with E-state index in [0.29, 0.717) is 6.54 Å². The summed E-state index contributed by atoms with van der Waals surface area (Å²) in [5.74, 6) is 1.59. The van der Waals surface area contributed by atoms with Gasteiger partial charge in [-0.2, -0.15) is 0 Å². The first kappa shape index (κ1) is 11.5. The van der Waals surface area contributed by atoms with Crippen molar-refractivity contribution in [3.63, 3.8) is 0 Å². The Labute approximate surface area is 106 Å². The third kappa shape index (κ3) is 1.68. The number of hydrogen-bond donors (Lipinski definition) is 1. The first-order valence-corrected chi connectivity index (χ1v) is 6.42. The largest absolute Gasteiger partial charge is 0.497 e. The predicted octanol–water partition coefficient (Wildman–Crippen LogP) is 2.61. The van der Waals surface area contributed by atoms with Crippen molar-refractivity contribution in [2.45, 2.75) is 31.1 Å². The van der Waals surface area contributed by atoms with Crippen molar-refractivity contribution in [3.8, 4) is 5.75 Å². The number of methoxy groups -OCH3 is 1. The average molecular weight is 246 g/mol. The van der Waals surface area contributed by atoms with E-state index in [0.717, 1.165) is 35.6 Å². The summed E-state index contributed by atoms with van der Waals surface area (Å²) in [6, 6.07) is 5.71. The molecular formula is C14H18N2O2. The maximum Gasteiger partial charge on any atom is 0.202 e. The number of aromatic nitrogens is 1. The Balaban J connectivity index is 2.07. The van der Waals surface area contributed by atoms with Crippen LogP contribution >= 0.6 is 0 Å². The Morgan fingerprint density at radius 3 is 2.83 bits per heavy atom. The molecule has 0 bridgehead atoms. The van der Waals surface area contributed by atoms with Gasteiger partial charge in [0.1, 0.15) is 11.3 Å².